The number of rotatable bonds is 5. The van der Waals surface area contributed by atoms with Gasteiger partial charge in [0.2, 0.25) is 5.91 Å². The summed E-state index contributed by atoms with van der Waals surface area (Å²) in [4.78, 5) is 22.8. The van der Waals surface area contributed by atoms with Gasteiger partial charge in [-0.2, -0.15) is 0 Å². The Labute approximate surface area is 103 Å². The fraction of sp³-hybridized carbons (Fsp3) is 0.800. The van der Waals surface area contributed by atoms with Crippen LogP contribution in [0.15, 0.2) is 0 Å². The monoisotopic (exact) mass is 252 g/mol. The van der Waals surface area contributed by atoms with Gasteiger partial charge in [0.05, 0.1) is 7.11 Å². The van der Waals surface area contributed by atoms with Crippen molar-refractivity contribution in [2.24, 2.45) is 11.7 Å². The molecule has 0 spiro atoms. The summed E-state index contributed by atoms with van der Waals surface area (Å²) in [6.45, 7) is 5.28. The quantitative estimate of drug-likeness (QED) is 0.697. The van der Waals surface area contributed by atoms with Crippen molar-refractivity contribution in [1.29, 1.82) is 0 Å². The maximum atomic E-state index is 11.6. The largest absolute Gasteiger partial charge is 0.467 e. The van der Waals surface area contributed by atoms with Gasteiger partial charge >= 0.3 is 5.97 Å². The fourth-order valence-corrected chi connectivity index (χ4v) is 1.01. The number of halogens is 1. The van der Waals surface area contributed by atoms with Crippen LogP contribution in [0.4, 0.5) is 0 Å². The van der Waals surface area contributed by atoms with Crippen LogP contribution in [-0.4, -0.2) is 31.1 Å². The first-order valence-corrected chi connectivity index (χ1v) is 5.07. The molecule has 0 saturated heterocycles. The Kier molecular flexibility index (Phi) is 9.18. The van der Waals surface area contributed by atoms with Gasteiger partial charge in [-0.25, -0.2) is 4.79 Å². The molecule has 5 nitrogen and oxygen atoms in total. The number of hydrogen-bond donors (Lipinski definition) is 2. The smallest absolute Gasteiger partial charge is 0.328 e. The normalized spacial score (nSPS) is 15.3. The van der Waals surface area contributed by atoms with Crippen LogP contribution in [-0.2, 0) is 14.3 Å². The Balaban J connectivity index is 0. The fourth-order valence-electron chi connectivity index (χ4n) is 1.01. The Morgan fingerprint density at radius 1 is 1.38 bits per heavy atom. The summed E-state index contributed by atoms with van der Waals surface area (Å²) >= 11 is 0. The topological polar surface area (TPSA) is 81.4 Å². The molecule has 0 aliphatic carbocycles. The van der Waals surface area contributed by atoms with Crippen LogP contribution in [0.5, 0.6) is 0 Å². The SMILES string of the molecule is CCC(NC(=O)C(C)C(C)N)C(=O)OC.Cl. The van der Waals surface area contributed by atoms with Crippen molar-refractivity contribution in [3.63, 3.8) is 0 Å². The molecule has 0 fully saturated rings. The molecule has 16 heavy (non-hydrogen) atoms. The third-order valence-corrected chi connectivity index (χ3v) is 2.41. The Morgan fingerprint density at radius 3 is 2.19 bits per heavy atom. The lowest BCUT2D eigenvalue weighted by Gasteiger charge is -2.19. The Morgan fingerprint density at radius 2 is 1.88 bits per heavy atom. The minimum absolute atomic E-state index is 0. The van der Waals surface area contributed by atoms with Gasteiger partial charge in [-0.3, -0.25) is 4.79 Å². The minimum Gasteiger partial charge on any atom is -0.467 e. The molecular weight excluding hydrogens is 232 g/mol. The number of nitrogens with one attached hydrogen (secondary N) is 1. The maximum absolute atomic E-state index is 11.6. The van der Waals surface area contributed by atoms with Crippen molar-refractivity contribution in [2.75, 3.05) is 7.11 Å². The van der Waals surface area contributed by atoms with Gasteiger partial charge in [0.15, 0.2) is 0 Å². The van der Waals surface area contributed by atoms with Crippen LogP contribution >= 0.6 is 12.4 Å². The van der Waals surface area contributed by atoms with Gasteiger partial charge in [-0.15, -0.1) is 12.4 Å². The van der Waals surface area contributed by atoms with E-state index in [4.69, 9.17) is 5.73 Å². The molecule has 0 aromatic rings. The molecule has 6 heteroatoms. The van der Waals surface area contributed by atoms with E-state index in [1.807, 2.05) is 0 Å². The molecule has 0 radical (unpaired) electrons. The van der Waals surface area contributed by atoms with Crippen LogP contribution in [0.1, 0.15) is 27.2 Å². The van der Waals surface area contributed by atoms with E-state index in [0.717, 1.165) is 0 Å². The summed E-state index contributed by atoms with van der Waals surface area (Å²) in [6.07, 6.45) is 0.504. The predicted octanol–water partition coefficient (Wildman–Crippen LogP) is 0.459. The summed E-state index contributed by atoms with van der Waals surface area (Å²) in [6, 6.07) is -0.816. The van der Waals surface area contributed by atoms with Gasteiger partial charge in [-0.05, 0) is 13.3 Å². The van der Waals surface area contributed by atoms with Crippen molar-refractivity contribution < 1.29 is 14.3 Å². The molecule has 1 amide bonds. The zero-order valence-electron chi connectivity index (χ0n) is 10.1. The molecule has 0 aliphatic heterocycles. The second kappa shape index (κ2) is 8.35. The van der Waals surface area contributed by atoms with Gasteiger partial charge in [0, 0.05) is 12.0 Å². The number of nitrogens with two attached hydrogens (primary N) is 1. The predicted molar refractivity (Wildman–Crippen MR) is 64.3 cm³/mol. The minimum atomic E-state index is -0.580. The van der Waals surface area contributed by atoms with Crippen molar-refractivity contribution >= 4 is 24.3 Å². The van der Waals surface area contributed by atoms with E-state index in [-0.39, 0.29) is 30.3 Å². The highest BCUT2D eigenvalue weighted by atomic mass is 35.5. The molecule has 0 bridgehead atoms. The van der Waals surface area contributed by atoms with E-state index < -0.39 is 12.0 Å². The second-order valence-electron chi connectivity index (χ2n) is 3.64. The number of carbonyl (C=O) groups excluding carboxylic acids is 2. The summed E-state index contributed by atoms with van der Waals surface area (Å²) < 4.78 is 4.56. The van der Waals surface area contributed by atoms with Crippen molar-refractivity contribution in [3.8, 4) is 0 Å². The number of hydrogen-bond acceptors (Lipinski definition) is 4. The van der Waals surface area contributed by atoms with Crippen LogP contribution in [0.25, 0.3) is 0 Å². The summed E-state index contributed by atoms with van der Waals surface area (Å²) in [7, 11) is 1.30. The summed E-state index contributed by atoms with van der Waals surface area (Å²) in [5.74, 6) is -0.964. The molecule has 3 atom stereocenters. The van der Waals surface area contributed by atoms with Crippen molar-refractivity contribution in [2.45, 2.75) is 39.3 Å². The molecule has 0 aromatic heterocycles. The third kappa shape index (κ3) is 5.32. The molecular formula is C10H21ClN2O3. The average molecular weight is 253 g/mol. The Hall–Kier alpha value is -0.810. The van der Waals surface area contributed by atoms with Gasteiger partial charge < -0.3 is 15.8 Å². The standard InChI is InChI=1S/C10H20N2O3.ClH/c1-5-8(10(14)15-4)12-9(13)6(2)7(3)11;/h6-8H,5,11H2,1-4H3,(H,12,13);1H. The van der Waals surface area contributed by atoms with Crippen LogP contribution in [0.2, 0.25) is 0 Å². The first-order chi connectivity index (χ1) is 6.93. The summed E-state index contributed by atoms with van der Waals surface area (Å²) in [5, 5.41) is 2.60. The van der Waals surface area contributed by atoms with E-state index in [0.29, 0.717) is 6.42 Å². The highest BCUT2D eigenvalue weighted by molar-refractivity contribution is 5.86. The van der Waals surface area contributed by atoms with E-state index >= 15 is 0 Å². The molecule has 3 N–H and O–H groups in total. The lowest BCUT2D eigenvalue weighted by molar-refractivity contribution is -0.145. The van der Waals surface area contributed by atoms with E-state index in [2.05, 4.69) is 10.1 Å². The Bertz CT molecular complexity index is 234. The van der Waals surface area contributed by atoms with Crippen LogP contribution < -0.4 is 11.1 Å². The average Bonchev–Trinajstić information content (AvgIpc) is 2.22. The third-order valence-electron chi connectivity index (χ3n) is 2.41. The highest BCUT2D eigenvalue weighted by Crippen LogP contribution is 2.02. The molecule has 0 heterocycles. The number of amides is 1. The van der Waals surface area contributed by atoms with Crippen molar-refractivity contribution in [1.82, 2.24) is 5.32 Å². The second-order valence-corrected chi connectivity index (χ2v) is 3.64. The van der Waals surface area contributed by atoms with Crippen LogP contribution in [0.3, 0.4) is 0 Å². The van der Waals surface area contributed by atoms with E-state index in [1.54, 1.807) is 20.8 Å². The van der Waals surface area contributed by atoms with Gasteiger partial charge in [-0.1, -0.05) is 13.8 Å². The van der Waals surface area contributed by atoms with E-state index in [1.165, 1.54) is 7.11 Å². The molecule has 96 valence electrons. The molecule has 3 unspecified atom stereocenters. The molecule has 0 aromatic carbocycles. The first-order valence-electron chi connectivity index (χ1n) is 5.07. The molecule has 0 aliphatic rings. The first kappa shape index (κ1) is 17.6. The zero-order valence-corrected chi connectivity index (χ0v) is 11.0. The van der Waals surface area contributed by atoms with E-state index in [9.17, 15) is 9.59 Å². The molecule has 0 saturated carbocycles. The number of methoxy groups -OCH3 is 1. The lowest BCUT2D eigenvalue weighted by Crippen LogP contribution is -2.46. The van der Waals surface area contributed by atoms with Crippen molar-refractivity contribution in [3.05, 3.63) is 0 Å². The zero-order chi connectivity index (χ0) is 12.0. The van der Waals surface area contributed by atoms with Gasteiger partial charge in [0.25, 0.3) is 0 Å². The lowest BCUT2D eigenvalue weighted by atomic mass is 10.0. The van der Waals surface area contributed by atoms with Gasteiger partial charge in [0.1, 0.15) is 6.04 Å². The van der Waals surface area contributed by atoms with Crippen LogP contribution in [0, 0.1) is 5.92 Å². The highest BCUT2D eigenvalue weighted by Gasteiger charge is 2.23. The number of esters is 1. The summed E-state index contributed by atoms with van der Waals surface area (Å²) in [5.41, 5.74) is 5.59. The maximum Gasteiger partial charge on any atom is 0.328 e. The molecule has 0 rings (SSSR count). The number of ether oxygens (including phenoxy) is 1. The number of carbonyl (C=O) groups is 2.